The van der Waals surface area contributed by atoms with Gasteiger partial charge in [-0.15, -0.1) is 5.10 Å². The van der Waals surface area contributed by atoms with E-state index in [1.165, 1.54) is 22.8 Å². The number of hydrogen-bond acceptors (Lipinski definition) is 4. The summed E-state index contributed by atoms with van der Waals surface area (Å²) in [4.78, 5) is 25.0. The normalized spacial score (nSPS) is 11.2. The maximum Gasteiger partial charge on any atom is 0.262 e. The largest absolute Gasteiger partial charge is 0.352 e. The number of hydrogen-bond donors (Lipinski definition) is 2. The monoisotopic (exact) mass is 397 g/mol. The number of benzene rings is 2. The van der Waals surface area contributed by atoms with Gasteiger partial charge in [0.15, 0.2) is 0 Å². The summed E-state index contributed by atoms with van der Waals surface area (Å²) in [7, 11) is 0. The number of aryl methyl sites for hydroxylation is 1. The maximum atomic E-state index is 13.7. The number of fused-ring (bicyclic) bond motifs is 3. The van der Waals surface area contributed by atoms with Crippen molar-refractivity contribution in [2.75, 3.05) is 6.54 Å². The van der Waals surface area contributed by atoms with Crippen molar-refractivity contribution in [3.8, 4) is 0 Å². The topological polar surface area (TPSA) is 84.2 Å². The number of aromatic amines is 1. The number of amides is 1. The summed E-state index contributed by atoms with van der Waals surface area (Å²) in [5, 5.41) is 9.85. The second kappa shape index (κ2) is 7.35. The molecule has 4 aromatic rings. The quantitative estimate of drug-likeness (QED) is 0.401. The predicted molar refractivity (Wildman–Crippen MR) is 105 cm³/mol. The van der Waals surface area contributed by atoms with Gasteiger partial charge in [-0.1, -0.05) is 18.2 Å². The molecule has 0 bridgehead atoms. The summed E-state index contributed by atoms with van der Waals surface area (Å²) in [5.41, 5.74) is 0.709. The molecule has 2 heterocycles. The van der Waals surface area contributed by atoms with Crippen LogP contribution in [-0.4, -0.2) is 31.6 Å². The average molecular weight is 397 g/mol. The highest BCUT2D eigenvalue weighted by molar-refractivity contribution is 7.71. The molecule has 7 nitrogen and oxygen atoms in total. The minimum Gasteiger partial charge on any atom is -0.352 e. The third-order valence-electron chi connectivity index (χ3n) is 4.45. The maximum absolute atomic E-state index is 13.7. The third kappa shape index (κ3) is 3.20. The summed E-state index contributed by atoms with van der Waals surface area (Å²) in [5.74, 6) is -0.329. The molecule has 142 valence electrons. The Labute approximate surface area is 163 Å². The zero-order chi connectivity index (χ0) is 19.7. The van der Waals surface area contributed by atoms with E-state index in [-0.39, 0.29) is 16.9 Å². The van der Waals surface area contributed by atoms with Crippen molar-refractivity contribution in [1.29, 1.82) is 0 Å². The molecule has 4 rings (SSSR count). The van der Waals surface area contributed by atoms with Crippen LogP contribution in [0.25, 0.3) is 16.7 Å². The Balaban J connectivity index is 1.60. The number of nitrogens with zero attached hydrogens (tertiary/aromatic N) is 3. The minimum absolute atomic E-state index is 0.180. The molecule has 0 aliphatic heterocycles. The fourth-order valence-electron chi connectivity index (χ4n) is 3.13. The minimum atomic E-state index is -0.499. The SMILES string of the molecule is O=C(NCCCn1c(=O)c2cc(F)ccc2n2c(=S)[nH]nc12)c1ccccc1. The lowest BCUT2D eigenvalue weighted by molar-refractivity contribution is 0.0952. The molecule has 0 spiro atoms. The average Bonchev–Trinajstić information content (AvgIpc) is 3.09. The van der Waals surface area contributed by atoms with Gasteiger partial charge in [-0.25, -0.2) is 9.49 Å². The summed E-state index contributed by atoms with van der Waals surface area (Å²) in [6.45, 7) is 0.669. The van der Waals surface area contributed by atoms with Crippen molar-refractivity contribution in [1.82, 2.24) is 24.5 Å². The zero-order valence-electron chi connectivity index (χ0n) is 14.7. The molecule has 0 atom stereocenters. The van der Waals surface area contributed by atoms with E-state index in [0.717, 1.165) is 0 Å². The Kier molecular flexibility index (Phi) is 4.74. The molecule has 0 saturated carbocycles. The molecular formula is C19H16FN5O2S. The second-order valence-electron chi connectivity index (χ2n) is 6.26. The van der Waals surface area contributed by atoms with Crippen LogP contribution < -0.4 is 10.9 Å². The Morgan fingerprint density at radius 1 is 1.21 bits per heavy atom. The highest BCUT2D eigenvalue weighted by Crippen LogP contribution is 2.15. The van der Waals surface area contributed by atoms with Gasteiger partial charge < -0.3 is 5.32 Å². The first-order valence-corrected chi connectivity index (χ1v) is 9.09. The lowest BCUT2D eigenvalue weighted by Gasteiger charge is -2.11. The van der Waals surface area contributed by atoms with Crippen LogP contribution in [-0.2, 0) is 6.54 Å². The van der Waals surface area contributed by atoms with Gasteiger partial charge in [0.05, 0.1) is 10.9 Å². The van der Waals surface area contributed by atoms with Crippen molar-refractivity contribution in [3.63, 3.8) is 0 Å². The molecule has 2 N–H and O–H groups in total. The Morgan fingerprint density at radius 2 is 2.00 bits per heavy atom. The number of carbonyl (C=O) groups is 1. The van der Waals surface area contributed by atoms with E-state index in [0.29, 0.717) is 41.1 Å². The fourth-order valence-corrected chi connectivity index (χ4v) is 3.36. The van der Waals surface area contributed by atoms with Crippen molar-refractivity contribution in [2.45, 2.75) is 13.0 Å². The number of H-pyrrole nitrogens is 1. The van der Waals surface area contributed by atoms with E-state index in [4.69, 9.17) is 12.2 Å². The standard InChI is InChI=1S/C19H16FN5O2S/c20-13-7-8-15-14(11-13)17(27)24(18-22-23-19(28)25(15)18)10-4-9-21-16(26)12-5-2-1-3-6-12/h1-3,5-8,11H,4,9-10H2,(H,21,26)(H,23,28). The second-order valence-corrected chi connectivity index (χ2v) is 6.64. The number of carbonyl (C=O) groups excluding carboxylic acids is 1. The van der Waals surface area contributed by atoms with Crippen LogP contribution in [0.5, 0.6) is 0 Å². The number of rotatable bonds is 5. The molecule has 2 aromatic heterocycles. The van der Waals surface area contributed by atoms with Crippen LogP contribution in [0.15, 0.2) is 53.3 Å². The molecular weight excluding hydrogens is 381 g/mol. The fraction of sp³-hybridized carbons (Fsp3) is 0.158. The van der Waals surface area contributed by atoms with E-state index in [1.54, 1.807) is 28.7 Å². The lowest BCUT2D eigenvalue weighted by atomic mass is 10.2. The number of aromatic nitrogens is 4. The first kappa shape index (κ1) is 18.1. The molecule has 0 aliphatic carbocycles. The van der Waals surface area contributed by atoms with Crippen molar-refractivity contribution in [2.24, 2.45) is 0 Å². The number of nitrogens with one attached hydrogen (secondary N) is 2. The van der Waals surface area contributed by atoms with Gasteiger partial charge in [0, 0.05) is 18.7 Å². The highest BCUT2D eigenvalue weighted by Gasteiger charge is 2.14. The van der Waals surface area contributed by atoms with Crippen LogP contribution in [0.4, 0.5) is 4.39 Å². The Morgan fingerprint density at radius 3 is 2.79 bits per heavy atom. The van der Waals surface area contributed by atoms with Gasteiger partial charge >= 0.3 is 0 Å². The zero-order valence-corrected chi connectivity index (χ0v) is 15.5. The molecule has 2 aromatic carbocycles. The molecule has 0 radical (unpaired) electrons. The van der Waals surface area contributed by atoms with Crippen molar-refractivity contribution in [3.05, 3.63) is 75.0 Å². The van der Waals surface area contributed by atoms with Gasteiger partial charge in [0.2, 0.25) is 10.5 Å². The summed E-state index contributed by atoms with van der Waals surface area (Å²) in [6, 6.07) is 12.9. The van der Waals surface area contributed by atoms with Gasteiger partial charge in [0.1, 0.15) is 5.82 Å². The van der Waals surface area contributed by atoms with Crippen LogP contribution in [0.3, 0.4) is 0 Å². The molecule has 28 heavy (non-hydrogen) atoms. The van der Waals surface area contributed by atoms with Gasteiger partial charge in [-0.3, -0.25) is 18.6 Å². The van der Waals surface area contributed by atoms with Crippen LogP contribution in [0.1, 0.15) is 16.8 Å². The van der Waals surface area contributed by atoms with Gasteiger partial charge in [-0.2, -0.15) is 0 Å². The van der Waals surface area contributed by atoms with Crippen LogP contribution in [0, 0.1) is 10.6 Å². The van der Waals surface area contributed by atoms with E-state index >= 15 is 0 Å². The molecule has 0 fully saturated rings. The molecule has 0 saturated heterocycles. The third-order valence-corrected chi connectivity index (χ3v) is 4.73. The molecule has 0 unspecified atom stereocenters. The van der Waals surface area contributed by atoms with Crippen LogP contribution in [0.2, 0.25) is 0 Å². The first-order valence-electron chi connectivity index (χ1n) is 8.69. The molecule has 0 aliphatic rings. The van der Waals surface area contributed by atoms with E-state index < -0.39 is 5.82 Å². The van der Waals surface area contributed by atoms with E-state index in [1.807, 2.05) is 6.07 Å². The molecule has 1 amide bonds. The Bertz CT molecular complexity index is 1290. The van der Waals surface area contributed by atoms with E-state index in [2.05, 4.69) is 15.5 Å². The summed E-state index contributed by atoms with van der Waals surface area (Å²) in [6.07, 6.45) is 0.495. The summed E-state index contributed by atoms with van der Waals surface area (Å²) < 4.78 is 17.0. The summed E-state index contributed by atoms with van der Waals surface area (Å²) >= 11 is 5.25. The smallest absolute Gasteiger partial charge is 0.262 e. The predicted octanol–water partition coefficient (Wildman–Crippen LogP) is 2.67. The van der Waals surface area contributed by atoms with Gasteiger partial charge in [-0.05, 0) is 49.0 Å². The van der Waals surface area contributed by atoms with E-state index in [9.17, 15) is 14.0 Å². The first-order chi connectivity index (χ1) is 13.6. The van der Waals surface area contributed by atoms with Crippen molar-refractivity contribution < 1.29 is 9.18 Å². The lowest BCUT2D eigenvalue weighted by Crippen LogP contribution is -2.28. The highest BCUT2D eigenvalue weighted by atomic mass is 32.1. The molecule has 9 heteroatoms. The number of halogens is 1. The Hall–Kier alpha value is -3.33. The van der Waals surface area contributed by atoms with Crippen molar-refractivity contribution >= 4 is 34.8 Å². The van der Waals surface area contributed by atoms with Crippen LogP contribution >= 0.6 is 12.2 Å². The van der Waals surface area contributed by atoms with Gasteiger partial charge in [0.25, 0.3) is 11.5 Å².